The van der Waals surface area contributed by atoms with E-state index in [1.807, 2.05) is 0 Å². The van der Waals surface area contributed by atoms with Crippen LogP contribution >= 0.6 is 0 Å². The van der Waals surface area contributed by atoms with Gasteiger partial charge in [0, 0.05) is 0 Å². The van der Waals surface area contributed by atoms with Crippen molar-refractivity contribution in [2.45, 2.75) is 78.1 Å². The Labute approximate surface area is 125 Å². The molecule has 110 valence electrons. The van der Waals surface area contributed by atoms with E-state index >= 15 is 0 Å². The van der Waals surface area contributed by atoms with E-state index in [0.717, 1.165) is 31.2 Å². The standard InChI is InChI=1S/C19H29N/c1-7-18(5,8-2)16-11-12-17(15(13-16)14-20)19(6,9-3)10-4/h11-13H,7-10H2,1-6H3. The average molecular weight is 271 g/mol. The van der Waals surface area contributed by atoms with Crippen LogP contribution in [0.4, 0.5) is 0 Å². The van der Waals surface area contributed by atoms with Crippen LogP contribution in [0.5, 0.6) is 0 Å². The first-order valence-electron chi connectivity index (χ1n) is 7.95. The molecule has 0 aromatic heterocycles. The molecule has 1 heteroatoms. The lowest BCUT2D eigenvalue weighted by Gasteiger charge is -2.31. The molecule has 0 amide bonds. The smallest absolute Gasteiger partial charge is 0.0994 e. The van der Waals surface area contributed by atoms with Gasteiger partial charge in [0.2, 0.25) is 0 Å². The van der Waals surface area contributed by atoms with Crippen molar-refractivity contribution >= 4 is 0 Å². The molecular weight excluding hydrogens is 242 g/mol. The summed E-state index contributed by atoms with van der Waals surface area (Å²) in [6, 6.07) is 9.00. The Hall–Kier alpha value is -1.29. The molecule has 0 fully saturated rings. The maximum Gasteiger partial charge on any atom is 0.0994 e. The van der Waals surface area contributed by atoms with Gasteiger partial charge in [-0.1, -0.05) is 53.7 Å². The molecule has 1 rings (SSSR count). The fraction of sp³-hybridized carbons (Fsp3) is 0.632. The second-order valence-corrected chi connectivity index (χ2v) is 6.41. The number of nitrogens with zero attached hydrogens (tertiary/aromatic N) is 1. The third kappa shape index (κ3) is 2.90. The van der Waals surface area contributed by atoms with E-state index in [1.165, 1.54) is 11.1 Å². The summed E-state index contributed by atoms with van der Waals surface area (Å²) in [5.41, 5.74) is 3.67. The van der Waals surface area contributed by atoms with Crippen LogP contribution in [0.15, 0.2) is 18.2 Å². The predicted octanol–water partition coefficient (Wildman–Crippen LogP) is 5.71. The second kappa shape index (κ2) is 6.44. The molecule has 0 saturated heterocycles. The highest BCUT2D eigenvalue weighted by molar-refractivity contribution is 5.46. The maximum absolute atomic E-state index is 9.56. The molecule has 0 aliphatic carbocycles. The van der Waals surface area contributed by atoms with E-state index in [1.54, 1.807) is 0 Å². The van der Waals surface area contributed by atoms with E-state index in [4.69, 9.17) is 0 Å². The number of nitriles is 1. The van der Waals surface area contributed by atoms with Crippen LogP contribution in [-0.2, 0) is 10.8 Å². The van der Waals surface area contributed by atoms with Crippen molar-refractivity contribution in [1.29, 1.82) is 5.26 Å². The lowest BCUT2D eigenvalue weighted by Crippen LogP contribution is -2.23. The first-order valence-corrected chi connectivity index (χ1v) is 7.95. The van der Waals surface area contributed by atoms with Crippen LogP contribution < -0.4 is 0 Å². The molecule has 1 aromatic carbocycles. The Bertz CT molecular complexity index is 485. The van der Waals surface area contributed by atoms with Crippen LogP contribution in [0.3, 0.4) is 0 Å². The Balaban J connectivity index is 3.40. The van der Waals surface area contributed by atoms with Gasteiger partial charge in [-0.3, -0.25) is 0 Å². The monoisotopic (exact) mass is 271 g/mol. The van der Waals surface area contributed by atoms with Gasteiger partial charge in [0.15, 0.2) is 0 Å². The lowest BCUT2D eigenvalue weighted by molar-refractivity contribution is 0.429. The molecule has 1 nitrogen and oxygen atoms in total. The van der Waals surface area contributed by atoms with Gasteiger partial charge >= 0.3 is 0 Å². The van der Waals surface area contributed by atoms with Gasteiger partial charge in [0.1, 0.15) is 0 Å². The van der Waals surface area contributed by atoms with E-state index in [-0.39, 0.29) is 10.8 Å². The Morgan fingerprint density at radius 1 is 0.900 bits per heavy atom. The summed E-state index contributed by atoms with van der Waals surface area (Å²) in [7, 11) is 0. The summed E-state index contributed by atoms with van der Waals surface area (Å²) in [6.45, 7) is 13.4. The zero-order chi connectivity index (χ0) is 15.4. The van der Waals surface area contributed by atoms with Crippen LogP contribution in [0.1, 0.15) is 83.9 Å². The highest BCUT2D eigenvalue weighted by atomic mass is 14.3. The molecule has 0 bridgehead atoms. The van der Waals surface area contributed by atoms with Gasteiger partial charge in [-0.15, -0.1) is 0 Å². The Morgan fingerprint density at radius 3 is 1.80 bits per heavy atom. The minimum absolute atomic E-state index is 0.110. The highest BCUT2D eigenvalue weighted by Crippen LogP contribution is 2.37. The van der Waals surface area contributed by atoms with Gasteiger partial charge in [0.05, 0.1) is 11.6 Å². The van der Waals surface area contributed by atoms with Gasteiger partial charge in [0.25, 0.3) is 0 Å². The van der Waals surface area contributed by atoms with E-state index < -0.39 is 0 Å². The molecule has 1 aromatic rings. The molecule has 0 radical (unpaired) electrons. The highest BCUT2D eigenvalue weighted by Gasteiger charge is 2.28. The summed E-state index contributed by atoms with van der Waals surface area (Å²) in [6.07, 6.45) is 4.34. The van der Waals surface area contributed by atoms with Gasteiger partial charge in [-0.25, -0.2) is 0 Å². The fourth-order valence-corrected chi connectivity index (χ4v) is 2.83. The van der Waals surface area contributed by atoms with Crippen LogP contribution in [0, 0.1) is 11.3 Å². The number of rotatable bonds is 6. The minimum Gasteiger partial charge on any atom is -0.192 e. The maximum atomic E-state index is 9.56. The largest absolute Gasteiger partial charge is 0.192 e. The normalized spacial score (nSPS) is 12.2. The summed E-state index contributed by atoms with van der Waals surface area (Å²) in [5.74, 6) is 0. The molecule has 0 aliphatic rings. The topological polar surface area (TPSA) is 23.8 Å². The average Bonchev–Trinajstić information content (AvgIpc) is 2.52. The number of benzene rings is 1. The number of hydrogen-bond acceptors (Lipinski definition) is 1. The third-order valence-electron chi connectivity index (χ3n) is 5.61. The van der Waals surface area contributed by atoms with Crippen molar-refractivity contribution < 1.29 is 0 Å². The van der Waals surface area contributed by atoms with Crippen LogP contribution in [0.2, 0.25) is 0 Å². The van der Waals surface area contributed by atoms with Crippen LogP contribution in [0.25, 0.3) is 0 Å². The van der Waals surface area contributed by atoms with E-state index in [9.17, 15) is 5.26 Å². The Morgan fingerprint density at radius 2 is 1.40 bits per heavy atom. The van der Waals surface area contributed by atoms with E-state index in [2.05, 4.69) is 65.8 Å². The van der Waals surface area contributed by atoms with Crippen molar-refractivity contribution in [3.63, 3.8) is 0 Å². The zero-order valence-corrected chi connectivity index (χ0v) is 14.0. The van der Waals surface area contributed by atoms with Gasteiger partial charge in [-0.2, -0.15) is 5.26 Å². The summed E-state index contributed by atoms with van der Waals surface area (Å²) in [5, 5.41) is 9.56. The van der Waals surface area contributed by atoms with Crippen molar-refractivity contribution in [2.24, 2.45) is 0 Å². The summed E-state index contributed by atoms with van der Waals surface area (Å²) in [4.78, 5) is 0. The van der Waals surface area contributed by atoms with Crippen molar-refractivity contribution in [3.05, 3.63) is 34.9 Å². The molecule has 0 heterocycles. The SMILES string of the molecule is CCC(C)(CC)c1ccc(C(C)(CC)CC)c(C#N)c1. The van der Waals surface area contributed by atoms with Crippen molar-refractivity contribution in [1.82, 2.24) is 0 Å². The molecule has 0 aliphatic heterocycles. The molecular formula is C19H29N. The summed E-state index contributed by atoms with van der Waals surface area (Å²) >= 11 is 0. The summed E-state index contributed by atoms with van der Waals surface area (Å²) < 4.78 is 0. The minimum atomic E-state index is 0.110. The fourth-order valence-electron chi connectivity index (χ4n) is 2.83. The first kappa shape index (κ1) is 16.8. The molecule has 20 heavy (non-hydrogen) atoms. The third-order valence-corrected chi connectivity index (χ3v) is 5.61. The molecule has 0 atom stereocenters. The quantitative estimate of drug-likeness (QED) is 0.649. The molecule has 0 spiro atoms. The molecule has 0 unspecified atom stereocenters. The van der Waals surface area contributed by atoms with Gasteiger partial charge < -0.3 is 0 Å². The first-order chi connectivity index (χ1) is 9.40. The van der Waals surface area contributed by atoms with Crippen molar-refractivity contribution in [3.8, 4) is 6.07 Å². The van der Waals surface area contributed by atoms with E-state index in [0.29, 0.717) is 0 Å². The molecule has 0 N–H and O–H groups in total. The van der Waals surface area contributed by atoms with Crippen molar-refractivity contribution in [2.75, 3.05) is 0 Å². The predicted molar refractivity (Wildman–Crippen MR) is 87.0 cm³/mol. The zero-order valence-electron chi connectivity index (χ0n) is 14.0. The second-order valence-electron chi connectivity index (χ2n) is 6.41. The molecule has 0 saturated carbocycles. The lowest BCUT2D eigenvalue weighted by atomic mass is 9.72. The van der Waals surface area contributed by atoms with Crippen LogP contribution in [-0.4, -0.2) is 0 Å². The number of hydrogen-bond donors (Lipinski definition) is 0. The van der Waals surface area contributed by atoms with Gasteiger partial charge in [-0.05, 0) is 53.7 Å². The Kier molecular flexibility index (Phi) is 5.40.